The minimum absolute atomic E-state index is 0.136. The largest absolute Gasteiger partial charge is 0.481 e. The molecule has 8 nitrogen and oxygen atoms in total. The van der Waals surface area contributed by atoms with Gasteiger partial charge in [0.05, 0.1) is 36.3 Å². The molecule has 0 saturated carbocycles. The fourth-order valence-corrected chi connectivity index (χ4v) is 5.30. The van der Waals surface area contributed by atoms with Crippen LogP contribution in [0.2, 0.25) is 0 Å². The number of rotatable bonds is 6. The number of sulfone groups is 1. The van der Waals surface area contributed by atoms with Gasteiger partial charge in [-0.1, -0.05) is 6.07 Å². The van der Waals surface area contributed by atoms with Gasteiger partial charge < -0.3 is 4.74 Å². The van der Waals surface area contributed by atoms with Crippen LogP contribution in [0.5, 0.6) is 5.88 Å². The van der Waals surface area contributed by atoms with Gasteiger partial charge in [0.2, 0.25) is 15.7 Å². The Bertz CT molecular complexity index is 1420. The van der Waals surface area contributed by atoms with Crippen LogP contribution >= 0.6 is 11.3 Å². The van der Waals surface area contributed by atoms with Crippen LogP contribution in [0.4, 0.5) is 8.78 Å². The summed E-state index contributed by atoms with van der Waals surface area (Å²) in [6.07, 6.45) is 0.999. The molecule has 0 aliphatic rings. The lowest BCUT2D eigenvalue weighted by Gasteiger charge is -2.08. The molecule has 0 saturated heterocycles. The number of thiazole rings is 1. The van der Waals surface area contributed by atoms with Crippen LogP contribution < -0.4 is 10.3 Å². The zero-order valence-corrected chi connectivity index (χ0v) is 17.5. The molecule has 3 heterocycles. The number of hydrogen-bond donors (Lipinski definition) is 0. The molecule has 31 heavy (non-hydrogen) atoms. The fourth-order valence-electron chi connectivity index (χ4n) is 2.86. The van der Waals surface area contributed by atoms with Gasteiger partial charge in [0.25, 0.3) is 12.0 Å². The van der Waals surface area contributed by atoms with E-state index < -0.39 is 26.8 Å². The standard InChI is InChI=1S/C19H14F2N4O4S2/c1-29-15-5-2-11(7-22-15)10-25-19(26)14-4-3-13(6-12(14)8-24-25)31(27,28)16-9-23-18(30-16)17(20)21/h2-9,17H,10H2,1H3. The summed E-state index contributed by atoms with van der Waals surface area (Å²) in [4.78, 5) is 20.2. The second-order valence-corrected chi connectivity index (χ2v) is 9.63. The molecule has 0 amide bonds. The molecule has 0 fully saturated rings. The summed E-state index contributed by atoms with van der Waals surface area (Å²) in [7, 11) is -2.56. The van der Waals surface area contributed by atoms with Gasteiger partial charge in [-0.3, -0.25) is 4.79 Å². The Hall–Kier alpha value is -3.25. The quantitative estimate of drug-likeness (QED) is 0.432. The van der Waals surface area contributed by atoms with Gasteiger partial charge in [-0.25, -0.2) is 31.8 Å². The van der Waals surface area contributed by atoms with E-state index in [1.807, 2.05) is 0 Å². The molecule has 4 rings (SSSR count). The molecule has 0 radical (unpaired) electrons. The highest BCUT2D eigenvalue weighted by Gasteiger charge is 2.24. The van der Waals surface area contributed by atoms with Crippen molar-refractivity contribution in [3.63, 3.8) is 0 Å². The van der Waals surface area contributed by atoms with Crippen molar-refractivity contribution in [3.05, 3.63) is 69.8 Å². The number of benzene rings is 1. The van der Waals surface area contributed by atoms with Gasteiger partial charge in [-0.05, 0) is 23.8 Å². The molecule has 0 N–H and O–H groups in total. The van der Waals surface area contributed by atoms with Crippen molar-refractivity contribution < 1.29 is 21.9 Å². The third-order valence-electron chi connectivity index (χ3n) is 4.43. The second-order valence-electron chi connectivity index (χ2n) is 6.39. The monoisotopic (exact) mass is 464 g/mol. The van der Waals surface area contributed by atoms with Crippen molar-refractivity contribution in [3.8, 4) is 5.88 Å². The number of nitrogens with zero attached hydrogens (tertiary/aromatic N) is 4. The first-order valence-corrected chi connectivity index (χ1v) is 11.1. The Morgan fingerprint density at radius 3 is 2.58 bits per heavy atom. The molecular formula is C19H14F2N4O4S2. The van der Waals surface area contributed by atoms with Gasteiger partial charge in [0.15, 0.2) is 5.01 Å². The summed E-state index contributed by atoms with van der Waals surface area (Å²) in [5, 5.41) is 4.12. The number of methoxy groups -OCH3 is 1. The highest BCUT2D eigenvalue weighted by molar-refractivity contribution is 7.93. The summed E-state index contributed by atoms with van der Waals surface area (Å²) < 4.78 is 57.0. The Morgan fingerprint density at radius 2 is 1.94 bits per heavy atom. The SMILES string of the molecule is COc1ccc(Cn2ncc3cc(S(=O)(=O)c4cnc(C(F)F)s4)ccc3c2=O)cn1. The average Bonchev–Trinajstić information content (AvgIpc) is 3.28. The Kier molecular flexibility index (Phi) is 5.50. The van der Waals surface area contributed by atoms with E-state index in [-0.39, 0.29) is 21.0 Å². The zero-order valence-electron chi connectivity index (χ0n) is 15.9. The lowest BCUT2D eigenvalue weighted by Crippen LogP contribution is -2.23. The average molecular weight is 464 g/mol. The van der Waals surface area contributed by atoms with Gasteiger partial charge in [0, 0.05) is 17.6 Å². The van der Waals surface area contributed by atoms with Crippen LogP contribution in [-0.2, 0) is 16.4 Å². The van der Waals surface area contributed by atoms with E-state index in [0.29, 0.717) is 22.6 Å². The number of halogens is 2. The molecule has 0 aliphatic carbocycles. The Morgan fingerprint density at radius 1 is 1.13 bits per heavy atom. The number of aromatic nitrogens is 4. The van der Waals surface area contributed by atoms with E-state index in [4.69, 9.17) is 4.74 Å². The minimum Gasteiger partial charge on any atom is -0.481 e. The number of pyridine rings is 1. The normalized spacial score (nSPS) is 11.9. The van der Waals surface area contributed by atoms with E-state index in [1.165, 1.54) is 36.2 Å². The number of alkyl halides is 2. The van der Waals surface area contributed by atoms with E-state index in [0.717, 1.165) is 11.8 Å². The van der Waals surface area contributed by atoms with E-state index in [1.54, 1.807) is 18.3 Å². The number of ether oxygens (including phenoxy) is 1. The minimum atomic E-state index is -4.06. The van der Waals surface area contributed by atoms with Crippen LogP contribution in [-0.4, -0.2) is 35.3 Å². The Balaban J connectivity index is 1.68. The van der Waals surface area contributed by atoms with E-state index in [9.17, 15) is 22.0 Å². The van der Waals surface area contributed by atoms with Crippen LogP contribution in [0.25, 0.3) is 10.8 Å². The molecule has 3 aromatic heterocycles. The molecule has 4 aromatic rings. The van der Waals surface area contributed by atoms with Gasteiger partial charge >= 0.3 is 0 Å². The molecule has 0 unspecified atom stereocenters. The van der Waals surface area contributed by atoms with Crippen molar-refractivity contribution in [2.75, 3.05) is 7.11 Å². The second kappa shape index (κ2) is 8.12. The highest BCUT2D eigenvalue weighted by atomic mass is 32.2. The third kappa shape index (κ3) is 4.03. The van der Waals surface area contributed by atoms with Gasteiger partial charge in [0.1, 0.15) is 4.21 Å². The van der Waals surface area contributed by atoms with Gasteiger partial charge in [-0.2, -0.15) is 5.10 Å². The van der Waals surface area contributed by atoms with E-state index in [2.05, 4.69) is 15.1 Å². The smallest absolute Gasteiger partial charge is 0.289 e. The molecule has 1 aromatic carbocycles. The fraction of sp³-hybridized carbons (Fsp3) is 0.158. The maximum absolute atomic E-state index is 12.8. The van der Waals surface area contributed by atoms with Crippen LogP contribution in [0, 0.1) is 0 Å². The van der Waals surface area contributed by atoms with Crippen molar-refractivity contribution >= 4 is 31.9 Å². The molecule has 0 spiro atoms. The van der Waals surface area contributed by atoms with Crippen molar-refractivity contribution in [1.29, 1.82) is 0 Å². The van der Waals surface area contributed by atoms with Gasteiger partial charge in [-0.15, -0.1) is 11.3 Å². The maximum Gasteiger partial charge on any atom is 0.289 e. The number of fused-ring (bicyclic) bond motifs is 1. The molecule has 160 valence electrons. The first-order chi connectivity index (χ1) is 14.8. The summed E-state index contributed by atoms with van der Waals surface area (Å²) in [5.41, 5.74) is 0.323. The van der Waals surface area contributed by atoms with E-state index >= 15 is 0 Å². The molecule has 12 heteroatoms. The first-order valence-electron chi connectivity index (χ1n) is 8.77. The van der Waals surface area contributed by atoms with Crippen LogP contribution in [0.3, 0.4) is 0 Å². The summed E-state index contributed by atoms with van der Waals surface area (Å²) >= 11 is 0.412. The lowest BCUT2D eigenvalue weighted by atomic mass is 10.2. The molecule has 0 atom stereocenters. The number of hydrogen-bond acceptors (Lipinski definition) is 8. The highest BCUT2D eigenvalue weighted by Crippen LogP contribution is 2.31. The van der Waals surface area contributed by atoms with Crippen molar-refractivity contribution in [2.45, 2.75) is 22.1 Å². The molecule has 0 bridgehead atoms. The third-order valence-corrected chi connectivity index (χ3v) is 7.64. The van der Waals surface area contributed by atoms with Crippen molar-refractivity contribution in [2.24, 2.45) is 0 Å². The lowest BCUT2D eigenvalue weighted by molar-refractivity contribution is 0.151. The molecule has 0 aliphatic heterocycles. The predicted molar refractivity (Wildman–Crippen MR) is 108 cm³/mol. The predicted octanol–water partition coefficient (Wildman–Crippen LogP) is 3.08. The zero-order chi connectivity index (χ0) is 22.2. The first kappa shape index (κ1) is 21.0. The Labute approximate surface area is 178 Å². The van der Waals surface area contributed by atoms with Crippen LogP contribution in [0.1, 0.15) is 17.0 Å². The maximum atomic E-state index is 12.8. The molecular weight excluding hydrogens is 450 g/mol. The van der Waals surface area contributed by atoms with Crippen LogP contribution in [0.15, 0.2) is 62.8 Å². The summed E-state index contributed by atoms with van der Waals surface area (Å²) in [5.74, 6) is 0.443. The topological polar surface area (TPSA) is 104 Å². The summed E-state index contributed by atoms with van der Waals surface area (Å²) in [6, 6.07) is 7.35. The summed E-state index contributed by atoms with van der Waals surface area (Å²) in [6.45, 7) is 0.170. The van der Waals surface area contributed by atoms with Crippen molar-refractivity contribution in [1.82, 2.24) is 19.7 Å².